The normalized spacial score (nSPS) is 14.8. The molecule has 2 aliphatic heterocycles. The molecule has 0 saturated carbocycles. The minimum absolute atomic E-state index is 0.00318. The molecule has 5 nitrogen and oxygen atoms in total. The molecule has 11 heteroatoms. The molecule has 0 radical (unpaired) electrons. The third kappa shape index (κ3) is 14.5. The second kappa shape index (κ2) is 33.3. The van der Waals surface area contributed by atoms with Crippen LogP contribution in [0.1, 0.15) is 164 Å². The van der Waals surface area contributed by atoms with Crippen molar-refractivity contribution in [3.8, 4) is 44.5 Å². The summed E-state index contributed by atoms with van der Waals surface area (Å²) in [5.41, 5.74) is 26.2. The lowest BCUT2D eigenvalue weighted by molar-refractivity contribution is 0.296. The predicted molar refractivity (Wildman–Crippen MR) is 592 cm³/mol. The zero-order chi connectivity index (χ0) is 94.8. The molecule has 0 N–H and O–H groups in total. The van der Waals surface area contributed by atoms with E-state index in [-0.39, 0.29) is 37.5 Å². The molecule has 22 rings (SSSR count). The van der Waals surface area contributed by atoms with Gasteiger partial charge in [0.25, 0.3) is 0 Å². The van der Waals surface area contributed by atoms with E-state index in [9.17, 15) is 0 Å². The minimum atomic E-state index is -3.12. The van der Waals surface area contributed by atoms with Gasteiger partial charge >= 0.3 is 5.84 Å². The summed E-state index contributed by atoms with van der Waals surface area (Å²) in [5, 5.41) is 12.4. The molecule has 136 heavy (non-hydrogen) atoms. The van der Waals surface area contributed by atoms with Crippen molar-refractivity contribution < 1.29 is 4.42 Å². The van der Waals surface area contributed by atoms with Gasteiger partial charge in [-0.1, -0.05) is 488 Å². The van der Waals surface area contributed by atoms with Gasteiger partial charge in [-0.2, -0.15) is 4.98 Å². The van der Waals surface area contributed by atoms with Crippen LogP contribution in [0.25, 0.3) is 98.7 Å². The maximum atomic E-state index is 6.84. The number of fused-ring (bicyclic) bond motifs is 14. The summed E-state index contributed by atoms with van der Waals surface area (Å²) in [7, 11) is -8.20. The van der Waals surface area contributed by atoms with E-state index in [2.05, 4.69) is 504 Å². The number of thiazole rings is 1. The van der Waals surface area contributed by atoms with Gasteiger partial charge in [0.2, 0.25) is 0 Å². The van der Waals surface area contributed by atoms with E-state index in [1.54, 1.807) is 16.5 Å². The Morgan fingerprint density at radius 1 is 0.294 bits per heavy atom. The van der Waals surface area contributed by atoms with Crippen molar-refractivity contribution >= 4 is 160 Å². The number of hydrogen-bond donors (Lipinski definition) is 0. The van der Waals surface area contributed by atoms with E-state index >= 15 is 0 Å². The maximum absolute atomic E-state index is 6.84. The van der Waals surface area contributed by atoms with Crippen LogP contribution in [0, 0.1) is 0 Å². The number of hydrogen-bond acceptors (Lipinski definition) is 6. The first-order valence-corrected chi connectivity index (χ1v) is 57.7. The molecule has 6 heterocycles. The van der Waals surface area contributed by atoms with Crippen molar-refractivity contribution in [1.82, 2.24) is 18.8 Å². The Morgan fingerprint density at radius 3 is 1.12 bits per heavy atom. The van der Waals surface area contributed by atoms with Gasteiger partial charge in [-0.05, 0) is 205 Å². The van der Waals surface area contributed by atoms with Crippen LogP contribution in [-0.2, 0) is 37.5 Å². The van der Waals surface area contributed by atoms with E-state index in [1.807, 2.05) is 29.6 Å². The van der Waals surface area contributed by atoms with E-state index < -0.39 is 24.2 Å². The lowest BCUT2D eigenvalue weighted by Crippen LogP contribution is -2.74. The van der Waals surface area contributed by atoms with Crippen molar-refractivity contribution in [2.24, 2.45) is 0 Å². The summed E-state index contributed by atoms with van der Waals surface area (Å²) in [4.78, 5) is 16.6. The highest BCUT2D eigenvalue weighted by Gasteiger charge is 2.51. The van der Waals surface area contributed by atoms with E-state index in [4.69, 9.17) is 14.4 Å². The Morgan fingerprint density at radius 2 is 0.640 bits per heavy atom. The van der Waals surface area contributed by atoms with Crippen LogP contribution in [0.4, 0.5) is 0 Å². The monoisotopic (exact) mass is 1870 g/mol. The van der Waals surface area contributed by atoms with Crippen molar-refractivity contribution in [3.05, 3.63) is 403 Å². The number of imidazole rings is 2. The summed E-state index contributed by atoms with van der Waals surface area (Å²) >= 11 is 5.76. The Hall–Kier alpha value is -12.2. The first kappa shape index (κ1) is 90.3. The molecule has 0 spiro atoms. The predicted octanol–water partition coefficient (Wildman–Crippen LogP) is 28.2. The Kier molecular flexibility index (Phi) is 22.1. The average Bonchev–Trinajstić information content (AvgIpc) is 1.47. The topological polar surface area (TPSA) is 47.7 Å². The molecular formula is C125H120N4OS3Si3. The highest BCUT2D eigenvalue weighted by atomic mass is 32.2. The third-order valence-corrected chi connectivity index (χ3v) is 49.4. The Labute approximate surface area is 818 Å². The molecule has 2 aliphatic rings. The van der Waals surface area contributed by atoms with E-state index in [0.29, 0.717) is 5.84 Å². The maximum Gasteiger partial charge on any atom is 0.307 e. The number of nitrogens with zero attached hydrogens (tertiary/aromatic N) is 4. The fourth-order valence-electron chi connectivity index (χ4n) is 22.6. The largest absolute Gasteiger partial charge is 0.422 e. The second-order valence-corrected chi connectivity index (χ2v) is 59.8. The van der Waals surface area contributed by atoms with Crippen LogP contribution in [0.5, 0.6) is 0 Å². The summed E-state index contributed by atoms with van der Waals surface area (Å²) in [6, 6.07) is 139. The van der Waals surface area contributed by atoms with Gasteiger partial charge in [-0.15, -0.1) is 0 Å². The van der Waals surface area contributed by atoms with Crippen LogP contribution in [0.15, 0.2) is 388 Å². The molecule has 676 valence electrons. The van der Waals surface area contributed by atoms with Crippen LogP contribution < -0.4 is 46.7 Å². The average molecular weight is 1870 g/mol. The molecule has 0 atom stereocenters. The van der Waals surface area contributed by atoms with Crippen molar-refractivity contribution in [2.45, 2.75) is 195 Å². The quantitative estimate of drug-likeness (QED) is 0.0901. The minimum Gasteiger partial charge on any atom is -0.422 e. The number of aromatic nitrogens is 4. The van der Waals surface area contributed by atoms with E-state index in [0.717, 1.165) is 43.7 Å². The molecule has 0 amide bonds. The number of oxazole rings is 1. The van der Waals surface area contributed by atoms with Gasteiger partial charge in [0.15, 0.2) is 26.7 Å². The lowest BCUT2D eigenvalue weighted by atomic mass is 9.61. The molecule has 16 aromatic carbocycles. The summed E-state index contributed by atoms with van der Waals surface area (Å²) in [6.07, 6.45) is 0. The van der Waals surface area contributed by atoms with Gasteiger partial charge < -0.3 is 4.42 Å². The number of rotatable bonds is 12. The van der Waals surface area contributed by atoms with Crippen molar-refractivity contribution in [3.63, 3.8) is 0 Å². The number of para-hydroxylation sites is 5. The van der Waals surface area contributed by atoms with Gasteiger partial charge in [0, 0.05) is 30.7 Å². The molecule has 4 aromatic heterocycles. The fourth-order valence-corrected chi connectivity index (χ4v) is 39.9. The SMILES string of the molecule is CC(C)(C)c1ccc([Si](c2ccccc2)(c2ccccc2)c2ccc(C(C)(C)C)c(-c3cccc4c3oc3nc5ccccc5n34)c2)cc1-c1cccc2c1Sc1ccccc1C(C)(C)C2(C)C.CC(C)(C)c1ccc([Si](c2ccccc2)(c2ccccc2)c2ccc(C(C)(C)C)c(-c3cccc4c3sc3nc5ccccc5n34)c2)cc1-c1cccc2c1Sc1ccccc1[Si](C)(C)C2(C)C. The zero-order valence-corrected chi connectivity index (χ0v) is 87.5. The first-order valence-electron chi connectivity index (χ1n) is 48.2. The molecule has 0 bridgehead atoms. The summed E-state index contributed by atoms with van der Waals surface area (Å²) < 4.78 is 12.6. The van der Waals surface area contributed by atoms with Crippen LogP contribution in [0.2, 0.25) is 13.1 Å². The summed E-state index contributed by atoms with van der Waals surface area (Å²) in [5.74, 6) is 0.610. The van der Waals surface area contributed by atoms with Gasteiger partial charge in [-0.3, -0.25) is 8.80 Å². The lowest BCUT2D eigenvalue weighted by Gasteiger charge is -2.42. The third-order valence-electron chi connectivity index (χ3n) is 31.0. The fraction of sp³-hybridized carbons (Fsp3) is 0.216. The van der Waals surface area contributed by atoms with Crippen molar-refractivity contribution in [1.29, 1.82) is 0 Å². The Bertz CT molecular complexity index is 7530. The van der Waals surface area contributed by atoms with Gasteiger partial charge in [-0.25, -0.2) is 4.98 Å². The molecule has 0 fully saturated rings. The highest BCUT2D eigenvalue weighted by Crippen LogP contribution is 2.57. The van der Waals surface area contributed by atoms with Crippen LogP contribution in [-0.4, -0.2) is 43.0 Å². The molecule has 0 unspecified atom stereocenters. The number of benzene rings is 16. The molecular weight excluding hydrogens is 1750 g/mol. The summed E-state index contributed by atoms with van der Waals surface area (Å²) in [6.45, 7) is 48.3. The zero-order valence-electron chi connectivity index (χ0n) is 82.1. The highest BCUT2D eigenvalue weighted by molar-refractivity contribution is 8.00. The van der Waals surface area contributed by atoms with Crippen molar-refractivity contribution in [2.75, 3.05) is 0 Å². The molecule has 0 aliphatic carbocycles. The first-order chi connectivity index (χ1) is 65.0. The van der Waals surface area contributed by atoms with Crippen LogP contribution in [0.3, 0.4) is 0 Å². The Balaban J connectivity index is 0.000000163. The second-order valence-electron chi connectivity index (χ2n) is 44.0. The molecule has 0 saturated heterocycles. The van der Waals surface area contributed by atoms with Gasteiger partial charge in [0.05, 0.1) is 45.9 Å². The van der Waals surface area contributed by atoms with E-state index in [1.165, 1.54) is 149 Å². The van der Waals surface area contributed by atoms with Gasteiger partial charge in [0.1, 0.15) is 0 Å². The smallest absolute Gasteiger partial charge is 0.307 e. The van der Waals surface area contributed by atoms with Crippen LogP contribution >= 0.6 is 34.9 Å². The molecule has 20 aromatic rings. The standard InChI is InChI=1S/C63H60N2OSSi.C62H60N2S2Si2/c1-60(2,3)49-37-35-43(39-47(49)45-27-22-33-55-57(45)66-59-64-53-31-18-19-32-54(53)65(55)59)68(41-23-13-11-14-24-41,42-25-15-12-16-26-42)44-36-38-50(61(4,5)6)48(40-44)46-28-21-30-52-58(46)67-56-34-20-17-29-51(56)62(7,8)63(52,9)10;1-60(2,3)49-37-35-43(39-47(49)45-27-21-29-51-57(45)65-55-33-19-20-34-56(55)67(9,10)62(51,7)8)68(41-23-13-11-14-24-41,42-25-15-12-16-26-42)44-36-38-50(61(4,5)6)48(40-44)46-28-22-32-54-58(46)66-59-63-52-30-17-18-31-53(52)64(54)59/h2*11-40H,1-10H3.